The van der Waals surface area contributed by atoms with Crippen molar-refractivity contribution in [3.05, 3.63) is 59.9 Å². The molecular weight excluding hydrogens is 444 g/mol. The molecule has 32 heavy (non-hydrogen) atoms. The predicted octanol–water partition coefficient (Wildman–Crippen LogP) is 4.32. The standard InChI is InChI=1S/C22H22N6O2S2/c1-13(2)12-30-16-10-8-15(9-11-16)19(29)24-21(31)23-18-7-5-4-6-17(18)20-27-28-14(3)25-26-22(28)32-20/h4-11,13H,12H2,1-3H3,(H2,23,24,29,31). The van der Waals surface area contributed by atoms with Crippen LogP contribution in [0.5, 0.6) is 5.75 Å². The van der Waals surface area contributed by atoms with Crippen molar-refractivity contribution in [2.24, 2.45) is 5.92 Å². The van der Waals surface area contributed by atoms with Crippen LogP contribution >= 0.6 is 23.6 Å². The fourth-order valence-corrected chi connectivity index (χ4v) is 4.02. The third kappa shape index (κ3) is 4.92. The lowest BCUT2D eigenvalue weighted by molar-refractivity contribution is 0.0977. The van der Waals surface area contributed by atoms with E-state index in [1.165, 1.54) is 11.3 Å². The molecule has 0 saturated carbocycles. The van der Waals surface area contributed by atoms with E-state index in [9.17, 15) is 4.79 Å². The van der Waals surface area contributed by atoms with Gasteiger partial charge < -0.3 is 10.1 Å². The number of aryl methyl sites for hydroxylation is 1. The highest BCUT2D eigenvalue weighted by molar-refractivity contribution is 7.80. The highest BCUT2D eigenvalue weighted by atomic mass is 32.1. The first-order valence-corrected chi connectivity index (χ1v) is 11.3. The molecular formula is C22H22N6O2S2. The van der Waals surface area contributed by atoms with Gasteiger partial charge in [0.05, 0.1) is 12.3 Å². The van der Waals surface area contributed by atoms with Gasteiger partial charge in [0.1, 0.15) is 10.8 Å². The van der Waals surface area contributed by atoms with Crippen LogP contribution in [0.25, 0.3) is 15.5 Å². The van der Waals surface area contributed by atoms with Gasteiger partial charge >= 0.3 is 0 Å². The zero-order valence-electron chi connectivity index (χ0n) is 17.8. The molecule has 0 unspecified atom stereocenters. The van der Waals surface area contributed by atoms with Crippen molar-refractivity contribution in [2.45, 2.75) is 20.8 Å². The third-order valence-electron chi connectivity index (χ3n) is 4.48. The monoisotopic (exact) mass is 466 g/mol. The van der Waals surface area contributed by atoms with Crippen molar-refractivity contribution in [1.29, 1.82) is 0 Å². The van der Waals surface area contributed by atoms with Crippen LogP contribution < -0.4 is 15.4 Å². The molecule has 2 N–H and O–H groups in total. The molecule has 0 aliphatic rings. The molecule has 0 atom stereocenters. The summed E-state index contributed by atoms with van der Waals surface area (Å²) in [5.74, 6) is 1.58. The second-order valence-electron chi connectivity index (χ2n) is 7.53. The van der Waals surface area contributed by atoms with E-state index in [0.717, 1.165) is 27.8 Å². The van der Waals surface area contributed by atoms with Gasteiger partial charge in [0, 0.05) is 11.1 Å². The van der Waals surface area contributed by atoms with Crippen molar-refractivity contribution in [3.8, 4) is 16.3 Å². The minimum Gasteiger partial charge on any atom is -0.493 e. The molecule has 0 radical (unpaired) electrons. The summed E-state index contributed by atoms with van der Waals surface area (Å²) in [6, 6.07) is 14.6. The van der Waals surface area contributed by atoms with Crippen molar-refractivity contribution in [1.82, 2.24) is 25.1 Å². The van der Waals surface area contributed by atoms with Crippen LogP contribution in [-0.2, 0) is 0 Å². The van der Waals surface area contributed by atoms with E-state index in [1.54, 1.807) is 28.8 Å². The molecule has 4 aromatic rings. The highest BCUT2D eigenvalue weighted by Crippen LogP contribution is 2.31. The lowest BCUT2D eigenvalue weighted by atomic mass is 10.2. The number of aromatic nitrogens is 4. The topological polar surface area (TPSA) is 93.4 Å². The fraction of sp³-hybridized carbons (Fsp3) is 0.227. The Kier molecular flexibility index (Phi) is 6.42. The molecule has 1 amide bonds. The van der Waals surface area contributed by atoms with Crippen LogP contribution in [0.15, 0.2) is 48.5 Å². The number of thiocarbonyl (C=S) groups is 1. The van der Waals surface area contributed by atoms with Crippen LogP contribution in [-0.4, -0.2) is 37.4 Å². The number of nitrogens with zero attached hydrogens (tertiary/aromatic N) is 4. The van der Waals surface area contributed by atoms with Crippen LogP contribution in [0, 0.1) is 12.8 Å². The minimum atomic E-state index is -0.301. The number of hydrogen-bond acceptors (Lipinski definition) is 7. The van der Waals surface area contributed by atoms with Gasteiger partial charge in [-0.1, -0.05) is 37.3 Å². The summed E-state index contributed by atoms with van der Waals surface area (Å²) in [5, 5.41) is 19.5. The molecule has 8 nitrogen and oxygen atoms in total. The van der Waals surface area contributed by atoms with Gasteiger partial charge in [0.15, 0.2) is 10.9 Å². The summed E-state index contributed by atoms with van der Waals surface area (Å²) in [5.41, 5.74) is 2.08. The van der Waals surface area contributed by atoms with Gasteiger partial charge in [-0.3, -0.25) is 10.1 Å². The Bertz CT molecular complexity index is 1260. The lowest BCUT2D eigenvalue weighted by Crippen LogP contribution is -2.34. The predicted molar refractivity (Wildman–Crippen MR) is 129 cm³/mol. The number of hydrogen-bond donors (Lipinski definition) is 2. The summed E-state index contributed by atoms with van der Waals surface area (Å²) < 4.78 is 7.36. The molecule has 0 saturated heterocycles. The summed E-state index contributed by atoms with van der Waals surface area (Å²) >= 11 is 6.80. The van der Waals surface area contributed by atoms with Gasteiger partial charge in [-0.25, -0.2) is 0 Å². The fourth-order valence-electron chi connectivity index (χ4n) is 2.90. The first-order valence-electron chi connectivity index (χ1n) is 10.0. The maximum atomic E-state index is 12.6. The first kappa shape index (κ1) is 21.8. The maximum Gasteiger partial charge on any atom is 0.257 e. The van der Waals surface area contributed by atoms with Gasteiger partial charge in [0.2, 0.25) is 4.96 Å². The number of benzene rings is 2. The molecule has 0 aliphatic heterocycles. The Morgan fingerprint density at radius 1 is 1.16 bits per heavy atom. The Hall–Kier alpha value is -3.37. The van der Waals surface area contributed by atoms with Crippen molar-refractivity contribution >= 4 is 45.2 Å². The highest BCUT2D eigenvalue weighted by Gasteiger charge is 2.15. The quantitative estimate of drug-likeness (QED) is 0.409. The van der Waals surface area contributed by atoms with E-state index in [1.807, 2.05) is 31.2 Å². The van der Waals surface area contributed by atoms with E-state index >= 15 is 0 Å². The maximum absolute atomic E-state index is 12.6. The Balaban J connectivity index is 1.44. The van der Waals surface area contributed by atoms with Crippen LogP contribution in [0.1, 0.15) is 30.0 Å². The summed E-state index contributed by atoms with van der Waals surface area (Å²) in [4.78, 5) is 13.3. The Morgan fingerprint density at radius 3 is 2.62 bits per heavy atom. The van der Waals surface area contributed by atoms with E-state index in [2.05, 4.69) is 39.8 Å². The van der Waals surface area contributed by atoms with Crippen molar-refractivity contribution in [3.63, 3.8) is 0 Å². The summed E-state index contributed by atoms with van der Waals surface area (Å²) in [6.07, 6.45) is 0. The van der Waals surface area contributed by atoms with Gasteiger partial charge in [-0.15, -0.1) is 10.2 Å². The zero-order valence-corrected chi connectivity index (χ0v) is 19.5. The van der Waals surface area contributed by atoms with Crippen LogP contribution in [0.2, 0.25) is 0 Å². The summed E-state index contributed by atoms with van der Waals surface area (Å²) in [6.45, 7) is 6.64. The third-order valence-corrected chi connectivity index (χ3v) is 5.62. The molecule has 2 aromatic carbocycles. The molecule has 2 aromatic heterocycles. The molecule has 2 heterocycles. The number of ether oxygens (including phenoxy) is 1. The first-order chi connectivity index (χ1) is 15.4. The van der Waals surface area contributed by atoms with E-state index in [4.69, 9.17) is 17.0 Å². The average Bonchev–Trinajstić information content (AvgIpc) is 3.35. The lowest BCUT2D eigenvalue weighted by Gasteiger charge is -2.13. The Morgan fingerprint density at radius 2 is 1.91 bits per heavy atom. The van der Waals surface area contributed by atoms with Crippen LogP contribution in [0.3, 0.4) is 0 Å². The van der Waals surface area contributed by atoms with Gasteiger partial charge in [-0.05, 0) is 61.5 Å². The largest absolute Gasteiger partial charge is 0.493 e. The molecule has 164 valence electrons. The van der Waals surface area contributed by atoms with Crippen molar-refractivity contribution < 1.29 is 9.53 Å². The molecule has 10 heteroatoms. The number of carbonyl (C=O) groups is 1. The van der Waals surface area contributed by atoms with E-state index in [0.29, 0.717) is 23.0 Å². The number of rotatable bonds is 6. The van der Waals surface area contributed by atoms with E-state index < -0.39 is 0 Å². The summed E-state index contributed by atoms with van der Waals surface area (Å²) in [7, 11) is 0. The molecule has 0 fully saturated rings. The normalized spacial score (nSPS) is 11.0. The molecule has 0 aliphatic carbocycles. The smallest absolute Gasteiger partial charge is 0.257 e. The number of nitrogens with one attached hydrogen (secondary N) is 2. The Labute approximate surface area is 194 Å². The van der Waals surface area contributed by atoms with Crippen molar-refractivity contribution in [2.75, 3.05) is 11.9 Å². The number of amides is 1. The second-order valence-corrected chi connectivity index (χ2v) is 8.90. The average molecular weight is 467 g/mol. The van der Waals surface area contributed by atoms with Crippen LogP contribution in [0.4, 0.5) is 5.69 Å². The van der Waals surface area contributed by atoms with Gasteiger partial charge in [-0.2, -0.15) is 9.61 Å². The number of carbonyl (C=O) groups excluding carboxylic acids is 1. The number of para-hydroxylation sites is 1. The van der Waals surface area contributed by atoms with E-state index in [-0.39, 0.29) is 11.0 Å². The number of anilines is 1. The number of fused-ring (bicyclic) bond motifs is 1. The molecule has 0 spiro atoms. The minimum absolute atomic E-state index is 0.196. The molecule has 4 rings (SSSR count). The second kappa shape index (κ2) is 9.41. The SMILES string of the molecule is Cc1nnc2sc(-c3ccccc3NC(=S)NC(=O)c3ccc(OCC(C)C)cc3)nn12. The molecule has 0 bridgehead atoms. The zero-order chi connectivity index (χ0) is 22.7. The van der Waals surface area contributed by atoms with Gasteiger partial charge in [0.25, 0.3) is 5.91 Å².